The van der Waals surface area contributed by atoms with Gasteiger partial charge in [-0.05, 0) is 29.8 Å². The molecule has 0 spiro atoms. The molecule has 0 radical (unpaired) electrons. The van der Waals surface area contributed by atoms with Gasteiger partial charge in [0, 0.05) is 13.2 Å². The Morgan fingerprint density at radius 1 is 0.905 bits per heavy atom. The van der Waals surface area contributed by atoms with Crippen molar-refractivity contribution in [3.63, 3.8) is 0 Å². The van der Waals surface area contributed by atoms with Gasteiger partial charge >= 0.3 is 0 Å². The highest BCUT2D eigenvalue weighted by atomic mass is 15.3. The van der Waals surface area contributed by atoms with Gasteiger partial charge in [0.25, 0.3) is 0 Å². The highest BCUT2D eigenvalue weighted by Gasteiger charge is 2.15. The van der Waals surface area contributed by atoms with E-state index in [2.05, 4.69) is 58.9 Å². The maximum Gasteiger partial charge on any atom is 0.0745 e. The predicted octanol–water partition coefficient (Wildman–Crippen LogP) is 3.40. The molecule has 2 aromatic carbocycles. The molecule has 3 aromatic rings. The summed E-state index contributed by atoms with van der Waals surface area (Å²) in [6.45, 7) is 0. The average molecular weight is 277 g/mol. The van der Waals surface area contributed by atoms with Crippen LogP contribution in [0.5, 0.6) is 0 Å². The lowest BCUT2D eigenvalue weighted by molar-refractivity contribution is 0.606. The van der Waals surface area contributed by atoms with Crippen LogP contribution in [0.2, 0.25) is 0 Å². The first-order chi connectivity index (χ1) is 10.3. The van der Waals surface area contributed by atoms with Crippen LogP contribution in [0.15, 0.2) is 66.9 Å². The number of benzene rings is 2. The smallest absolute Gasteiger partial charge is 0.0745 e. The Morgan fingerprint density at radius 3 is 2.14 bits per heavy atom. The van der Waals surface area contributed by atoms with Crippen LogP contribution in [-0.4, -0.2) is 16.8 Å². The van der Waals surface area contributed by atoms with Crippen LogP contribution >= 0.6 is 0 Å². The largest absolute Gasteiger partial charge is 0.308 e. The van der Waals surface area contributed by atoms with Gasteiger partial charge in [0.2, 0.25) is 0 Å². The molecule has 1 N–H and O–H groups in total. The summed E-state index contributed by atoms with van der Waals surface area (Å²) in [6, 6.07) is 21.3. The zero-order chi connectivity index (χ0) is 14.7. The second kappa shape index (κ2) is 5.94. The van der Waals surface area contributed by atoms with Gasteiger partial charge in [-0.15, -0.1) is 0 Å². The molecule has 3 rings (SSSR count). The molecule has 1 aromatic heterocycles. The normalized spacial score (nSPS) is 12.3. The van der Waals surface area contributed by atoms with E-state index in [1.165, 1.54) is 16.7 Å². The molecule has 0 aliphatic heterocycles. The van der Waals surface area contributed by atoms with E-state index in [9.17, 15) is 0 Å². The van der Waals surface area contributed by atoms with Crippen molar-refractivity contribution < 1.29 is 0 Å². The Kier molecular flexibility index (Phi) is 3.84. The van der Waals surface area contributed by atoms with Gasteiger partial charge in [-0.2, -0.15) is 5.10 Å². The molecule has 0 bridgehead atoms. The van der Waals surface area contributed by atoms with Gasteiger partial charge in [0.1, 0.15) is 0 Å². The minimum atomic E-state index is 0.155. The zero-order valence-electron chi connectivity index (χ0n) is 12.3. The first-order valence-corrected chi connectivity index (χ1v) is 7.10. The summed E-state index contributed by atoms with van der Waals surface area (Å²) in [5.74, 6) is 0. The van der Waals surface area contributed by atoms with Crippen LogP contribution < -0.4 is 5.32 Å². The second-order valence-electron chi connectivity index (χ2n) is 5.09. The molecule has 0 aliphatic carbocycles. The Balaban J connectivity index is 1.91. The molecular weight excluding hydrogens is 258 g/mol. The van der Waals surface area contributed by atoms with Crippen molar-refractivity contribution in [2.75, 3.05) is 7.05 Å². The van der Waals surface area contributed by atoms with E-state index in [1.807, 2.05) is 37.1 Å². The fourth-order valence-electron chi connectivity index (χ4n) is 2.65. The summed E-state index contributed by atoms with van der Waals surface area (Å²) >= 11 is 0. The number of hydrogen-bond donors (Lipinski definition) is 1. The first kappa shape index (κ1) is 13.6. The minimum Gasteiger partial charge on any atom is -0.308 e. The number of nitrogens with one attached hydrogen (secondary N) is 1. The number of hydrogen-bond acceptors (Lipinski definition) is 2. The van der Waals surface area contributed by atoms with E-state index in [0.717, 1.165) is 5.69 Å². The lowest BCUT2D eigenvalue weighted by Crippen LogP contribution is -2.20. The number of nitrogens with zero attached hydrogens (tertiary/aromatic N) is 2. The van der Waals surface area contributed by atoms with Crippen LogP contribution in [0, 0.1) is 0 Å². The lowest BCUT2D eigenvalue weighted by Gasteiger charge is -2.17. The van der Waals surface area contributed by atoms with Crippen molar-refractivity contribution in [2.24, 2.45) is 7.05 Å². The summed E-state index contributed by atoms with van der Waals surface area (Å²) in [5.41, 5.74) is 4.87. The van der Waals surface area contributed by atoms with Gasteiger partial charge in [-0.25, -0.2) is 0 Å². The maximum atomic E-state index is 4.25. The Hall–Kier alpha value is -2.39. The number of aryl methyl sites for hydroxylation is 1. The number of aromatic nitrogens is 2. The van der Waals surface area contributed by atoms with Crippen molar-refractivity contribution >= 4 is 0 Å². The molecule has 106 valence electrons. The van der Waals surface area contributed by atoms with Crippen molar-refractivity contribution in [1.82, 2.24) is 15.1 Å². The molecule has 3 nitrogen and oxygen atoms in total. The van der Waals surface area contributed by atoms with E-state index in [1.54, 1.807) is 0 Å². The summed E-state index contributed by atoms with van der Waals surface area (Å²) in [6.07, 6.45) is 1.83. The third-order valence-corrected chi connectivity index (χ3v) is 3.79. The standard InChI is InChI=1S/C18H19N3/c1-19-18(17-12-13-20-21(17)2)16-10-8-15(9-11-16)14-6-4-3-5-7-14/h3-13,18-19H,1-2H3. The SMILES string of the molecule is CNC(c1ccc(-c2ccccc2)cc1)c1ccnn1C. The molecule has 0 fully saturated rings. The molecule has 0 saturated carbocycles. The molecule has 1 atom stereocenters. The zero-order valence-corrected chi connectivity index (χ0v) is 12.3. The van der Waals surface area contributed by atoms with Crippen molar-refractivity contribution in [2.45, 2.75) is 6.04 Å². The fraction of sp³-hybridized carbons (Fsp3) is 0.167. The van der Waals surface area contributed by atoms with E-state index in [4.69, 9.17) is 0 Å². The fourth-order valence-corrected chi connectivity index (χ4v) is 2.65. The van der Waals surface area contributed by atoms with Gasteiger partial charge < -0.3 is 5.32 Å². The first-order valence-electron chi connectivity index (χ1n) is 7.10. The molecule has 1 heterocycles. The summed E-state index contributed by atoms with van der Waals surface area (Å²) in [4.78, 5) is 0. The topological polar surface area (TPSA) is 29.9 Å². The molecule has 0 aliphatic rings. The summed E-state index contributed by atoms with van der Waals surface area (Å²) < 4.78 is 1.91. The summed E-state index contributed by atoms with van der Waals surface area (Å²) in [5, 5.41) is 7.61. The Morgan fingerprint density at radius 2 is 1.57 bits per heavy atom. The van der Waals surface area contributed by atoms with Crippen LogP contribution in [0.3, 0.4) is 0 Å². The molecule has 3 heteroatoms. The van der Waals surface area contributed by atoms with Gasteiger partial charge in [0.05, 0.1) is 11.7 Å². The van der Waals surface area contributed by atoms with E-state index < -0.39 is 0 Å². The minimum absolute atomic E-state index is 0.155. The third-order valence-electron chi connectivity index (χ3n) is 3.79. The van der Waals surface area contributed by atoms with Gasteiger partial charge in [0.15, 0.2) is 0 Å². The van der Waals surface area contributed by atoms with Crippen molar-refractivity contribution in [3.8, 4) is 11.1 Å². The maximum absolute atomic E-state index is 4.25. The Labute approximate surface area is 125 Å². The molecule has 1 unspecified atom stereocenters. The Bertz CT molecular complexity index is 699. The van der Waals surface area contributed by atoms with Gasteiger partial charge in [-0.3, -0.25) is 4.68 Å². The van der Waals surface area contributed by atoms with Gasteiger partial charge in [-0.1, -0.05) is 54.6 Å². The van der Waals surface area contributed by atoms with Crippen LogP contribution in [0.1, 0.15) is 17.3 Å². The molecular formula is C18H19N3. The third kappa shape index (κ3) is 2.73. The lowest BCUT2D eigenvalue weighted by atomic mass is 9.99. The quantitative estimate of drug-likeness (QED) is 0.792. The highest BCUT2D eigenvalue weighted by molar-refractivity contribution is 5.63. The summed E-state index contributed by atoms with van der Waals surface area (Å²) in [7, 11) is 3.95. The van der Waals surface area contributed by atoms with E-state index in [-0.39, 0.29) is 6.04 Å². The number of rotatable bonds is 4. The van der Waals surface area contributed by atoms with E-state index >= 15 is 0 Å². The monoisotopic (exact) mass is 277 g/mol. The highest BCUT2D eigenvalue weighted by Crippen LogP contribution is 2.25. The second-order valence-corrected chi connectivity index (χ2v) is 5.09. The molecule has 0 amide bonds. The molecule has 21 heavy (non-hydrogen) atoms. The average Bonchev–Trinajstić information content (AvgIpc) is 2.96. The van der Waals surface area contributed by atoms with Crippen LogP contribution in [-0.2, 0) is 7.05 Å². The van der Waals surface area contributed by atoms with Crippen molar-refractivity contribution in [1.29, 1.82) is 0 Å². The van der Waals surface area contributed by atoms with Crippen LogP contribution in [0.25, 0.3) is 11.1 Å². The van der Waals surface area contributed by atoms with Crippen molar-refractivity contribution in [3.05, 3.63) is 78.1 Å². The van der Waals surface area contributed by atoms with Crippen LogP contribution in [0.4, 0.5) is 0 Å². The van der Waals surface area contributed by atoms with E-state index in [0.29, 0.717) is 0 Å². The molecule has 0 saturated heterocycles. The predicted molar refractivity (Wildman–Crippen MR) is 86.0 cm³/mol.